The van der Waals surface area contributed by atoms with Gasteiger partial charge in [0, 0.05) is 25.5 Å². The van der Waals surface area contributed by atoms with Crippen LogP contribution < -0.4 is 10.6 Å². The second kappa shape index (κ2) is 5.31. The van der Waals surface area contributed by atoms with Crippen LogP contribution in [-0.2, 0) is 18.4 Å². The summed E-state index contributed by atoms with van der Waals surface area (Å²) in [5, 5.41) is 6.19. The first-order chi connectivity index (χ1) is 8.22. The average Bonchev–Trinajstić information content (AvgIpc) is 2.94. The van der Waals surface area contributed by atoms with Crippen molar-refractivity contribution in [2.75, 3.05) is 7.05 Å². The first-order valence-electron chi connectivity index (χ1n) is 6.13. The summed E-state index contributed by atoms with van der Waals surface area (Å²) in [6, 6.07) is 0.330. The molecule has 17 heavy (non-hydrogen) atoms. The fourth-order valence-electron chi connectivity index (χ4n) is 2.48. The maximum absolute atomic E-state index is 12.0. The summed E-state index contributed by atoms with van der Waals surface area (Å²) in [6.45, 7) is 0.509. The van der Waals surface area contributed by atoms with Gasteiger partial charge >= 0.3 is 0 Å². The molecule has 0 saturated heterocycles. The number of amides is 1. The summed E-state index contributed by atoms with van der Waals surface area (Å²) in [5.74, 6) is 1.14. The molecule has 1 aromatic rings. The zero-order chi connectivity index (χ0) is 12.3. The van der Waals surface area contributed by atoms with Crippen LogP contribution in [0, 0.1) is 5.92 Å². The van der Waals surface area contributed by atoms with Gasteiger partial charge in [0.05, 0.1) is 12.5 Å². The fraction of sp³-hybridized carbons (Fsp3) is 0.667. The van der Waals surface area contributed by atoms with E-state index in [0.717, 1.165) is 25.1 Å². The molecule has 1 heterocycles. The third-order valence-electron chi connectivity index (χ3n) is 3.57. The first kappa shape index (κ1) is 12.1. The van der Waals surface area contributed by atoms with Crippen molar-refractivity contribution in [1.29, 1.82) is 0 Å². The van der Waals surface area contributed by atoms with Crippen molar-refractivity contribution in [3.63, 3.8) is 0 Å². The standard InChI is InChI=1S/C12H20N4O/c1-13-10-5-3-4-9(10)12(17)15-8-11-14-6-7-16(11)2/h6-7,9-10,13H,3-5,8H2,1-2H3,(H,15,17). The van der Waals surface area contributed by atoms with Gasteiger partial charge in [-0.3, -0.25) is 4.79 Å². The molecule has 0 bridgehead atoms. The van der Waals surface area contributed by atoms with Gasteiger partial charge < -0.3 is 15.2 Å². The van der Waals surface area contributed by atoms with Crippen LogP contribution in [0.5, 0.6) is 0 Å². The zero-order valence-corrected chi connectivity index (χ0v) is 10.4. The van der Waals surface area contributed by atoms with E-state index in [1.54, 1.807) is 6.20 Å². The van der Waals surface area contributed by atoms with Gasteiger partial charge in [-0.25, -0.2) is 4.98 Å². The summed E-state index contributed by atoms with van der Waals surface area (Å²) >= 11 is 0. The number of carbonyl (C=O) groups is 1. The summed E-state index contributed by atoms with van der Waals surface area (Å²) in [4.78, 5) is 16.2. The van der Waals surface area contributed by atoms with Gasteiger partial charge in [-0.2, -0.15) is 0 Å². The van der Waals surface area contributed by atoms with Crippen molar-refractivity contribution in [3.05, 3.63) is 18.2 Å². The third-order valence-corrected chi connectivity index (χ3v) is 3.57. The van der Waals surface area contributed by atoms with Crippen molar-refractivity contribution in [2.24, 2.45) is 13.0 Å². The van der Waals surface area contributed by atoms with E-state index < -0.39 is 0 Å². The summed E-state index contributed by atoms with van der Waals surface area (Å²) < 4.78 is 1.92. The Morgan fingerprint density at radius 1 is 1.59 bits per heavy atom. The van der Waals surface area contributed by atoms with E-state index in [9.17, 15) is 4.79 Å². The Kier molecular flexibility index (Phi) is 3.78. The van der Waals surface area contributed by atoms with E-state index in [4.69, 9.17) is 0 Å². The lowest BCUT2D eigenvalue weighted by molar-refractivity contribution is -0.125. The molecule has 0 spiro atoms. The van der Waals surface area contributed by atoms with Crippen molar-refractivity contribution in [1.82, 2.24) is 20.2 Å². The van der Waals surface area contributed by atoms with E-state index in [1.807, 2.05) is 24.9 Å². The van der Waals surface area contributed by atoms with Gasteiger partial charge in [0.1, 0.15) is 5.82 Å². The molecular weight excluding hydrogens is 216 g/mol. The van der Waals surface area contributed by atoms with E-state index in [1.165, 1.54) is 0 Å². The smallest absolute Gasteiger partial charge is 0.225 e. The number of aromatic nitrogens is 2. The molecule has 1 saturated carbocycles. The lowest BCUT2D eigenvalue weighted by Gasteiger charge is -2.18. The molecule has 2 unspecified atom stereocenters. The van der Waals surface area contributed by atoms with Crippen molar-refractivity contribution in [2.45, 2.75) is 31.8 Å². The monoisotopic (exact) mass is 236 g/mol. The SMILES string of the molecule is CNC1CCCC1C(=O)NCc1nccn1C. The second-order valence-electron chi connectivity index (χ2n) is 4.60. The summed E-state index contributed by atoms with van der Waals surface area (Å²) in [6.07, 6.45) is 6.84. The maximum Gasteiger partial charge on any atom is 0.225 e. The van der Waals surface area contributed by atoms with Gasteiger partial charge in [-0.1, -0.05) is 6.42 Å². The minimum Gasteiger partial charge on any atom is -0.349 e. The molecule has 2 atom stereocenters. The number of aryl methyl sites for hydroxylation is 1. The van der Waals surface area contributed by atoms with Crippen LogP contribution in [0.3, 0.4) is 0 Å². The number of nitrogens with zero attached hydrogens (tertiary/aromatic N) is 2. The second-order valence-corrected chi connectivity index (χ2v) is 4.60. The molecule has 1 aliphatic carbocycles. The Morgan fingerprint density at radius 2 is 2.41 bits per heavy atom. The van der Waals surface area contributed by atoms with Gasteiger partial charge in [0.15, 0.2) is 0 Å². The molecule has 2 rings (SSSR count). The van der Waals surface area contributed by atoms with E-state index >= 15 is 0 Å². The number of hydrogen-bond acceptors (Lipinski definition) is 3. The van der Waals surface area contributed by atoms with Gasteiger partial charge in [-0.05, 0) is 19.9 Å². The van der Waals surface area contributed by atoms with Gasteiger partial charge in [0.2, 0.25) is 5.91 Å². The Bertz CT molecular complexity index is 388. The highest BCUT2D eigenvalue weighted by Gasteiger charge is 2.31. The molecular formula is C12H20N4O. The average molecular weight is 236 g/mol. The molecule has 94 valence electrons. The maximum atomic E-state index is 12.0. The predicted molar refractivity (Wildman–Crippen MR) is 65.2 cm³/mol. The number of rotatable bonds is 4. The molecule has 0 aliphatic heterocycles. The van der Waals surface area contributed by atoms with Crippen LogP contribution in [0.1, 0.15) is 25.1 Å². The first-order valence-corrected chi connectivity index (χ1v) is 6.13. The normalized spacial score (nSPS) is 23.9. The van der Waals surface area contributed by atoms with E-state index in [0.29, 0.717) is 12.6 Å². The highest BCUT2D eigenvalue weighted by atomic mass is 16.1. The molecule has 5 nitrogen and oxygen atoms in total. The number of nitrogens with one attached hydrogen (secondary N) is 2. The van der Waals surface area contributed by atoms with Crippen molar-refractivity contribution < 1.29 is 4.79 Å². The highest BCUT2D eigenvalue weighted by Crippen LogP contribution is 2.25. The molecule has 5 heteroatoms. The molecule has 0 radical (unpaired) electrons. The molecule has 0 aromatic carbocycles. The van der Waals surface area contributed by atoms with Gasteiger partial charge in [0.25, 0.3) is 0 Å². The van der Waals surface area contributed by atoms with E-state index in [-0.39, 0.29) is 11.8 Å². The van der Waals surface area contributed by atoms with Gasteiger partial charge in [-0.15, -0.1) is 0 Å². The third kappa shape index (κ3) is 2.66. The molecule has 1 fully saturated rings. The Balaban J connectivity index is 1.87. The molecule has 1 aromatic heterocycles. The van der Waals surface area contributed by atoms with Crippen LogP contribution in [0.2, 0.25) is 0 Å². The van der Waals surface area contributed by atoms with Crippen LogP contribution in [-0.4, -0.2) is 28.5 Å². The van der Waals surface area contributed by atoms with Crippen LogP contribution in [0.4, 0.5) is 0 Å². The van der Waals surface area contributed by atoms with Crippen LogP contribution in [0.25, 0.3) is 0 Å². The van der Waals surface area contributed by atoms with Crippen molar-refractivity contribution in [3.8, 4) is 0 Å². The topological polar surface area (TPSA) is 59.0 Å². The highest BCUT2D eigenvalue weighted by molar-refractivity contribution is 5.79. The zero-order valence-electron chi connectivity index (χ0n) is 10.4. The minimum absolute atomic E-state index is 0.111. The molecule has 2 N–H and O–H groups in total. The Hall–Kier alpha value is -1.36. The van der Waals surface area contributed by atoms with Crippen LogP contribution in [0.15, 0.2) is 12.4 Å². The quantitative estimate of drug-likeness (QED) is 0.797. The molecule has 1 aliphatic rings. The lowest BCUT2D eigenvalue weighted by Crippen LogP contribution is -2.40. The Morgan fingerprint density at radius 3 is 3.06 bits per heavy atom. The van der Waals surface area contributed by atoms with E-state index in [2.05, 4.69) is 15.6 Å². The number of hydrogen-bond donors (Lipinski definition) is 2. The number of carbonyl (C=O) groups excluding carboxylic acids is 1. The summed E-state index contributed by atoms with van der Waals surface area (Å²) in [5.41, 5.74) is 0. The minimum atomic E-state index is 0.111. The predicted octanol–water partition coefficient (Wildman–Crippen LogP) is 0.424. The molecule has 1 amide bonds. The summed E-state index contributed by atoms with van der Waals surface area (Å²) in [7, 11) is 3.86. The number of imidazole rings is 1. The fourth-order valence-corrected chi connectivity index (χ4v) is 2.48. The lowest BCUT2D eigenvalue weighted by atomic mass is 10.0. The van der Waals surface area contributed by atoms with Crippen molar-refractivity contribution >= 4 is 5.91 Å². The van der Waals surface area contributed by atoms with Crippen LogP contribution >= 0.6 is 0 Å². The Labute approximate surface area is 102 Å². The largest absolute Gasteiger partial charge is 0.349 e.